The molecule has 2 saturated heterocycles. The Hall–Kier alpha value is 0.400. The van der Waals surface area contributed by atoms with Crippen molar-refractivity contribution in [3.63, 3.8) is 0 Å². The zero-order valence-electron chi connectivity index (χ0n) is 8.38. The lowest BCUT2D eigenvalue weighted by atomic mass is 10.1. The van der Waals surface area contributed by atoms with Gasteiger partial charge in [0.2, 0.25) is 0 Å². The first-order valence-electron chi connectivity index (χ1n) is 5.31. The van der Waals surface area contributed by atoms with Crippen molar-refractivity contribution in [2.24, 2.45) is 0 Å². The molecule has 76 valence electrons. The van der Waals surface area contributed by atoms with E-state index in [2.05, 4.69) is 32.8 Å². The predicted octanol–water partition coefficient (Wildman–Crippen LogP) is 1.55. The quantitative estimate of drug-likeness (QED) is 0.683. The fourth-order valence-electron chi connectivity index (χ4n) is 2.70. The van der Waals surface area contributed by atoms with Crippen LogP contribution in [0.25, 0.3) is 0 Å². The zero-order chi connectivity index (χ0) is 9.26. The summed E-state index contributed by atoms with van der Waals surface area (Å²) < 4.78 is 0. The molecule has 0 aromatic heterocycles. The van der Waals surface area contributed by atoms with E-state index in [1.54, 1.807) is 0 Å². The Labute approximate surface area is 89.4 Å². The van der Waals surface area contributed by atoms with Gasteiger partial charge in [-0.05, 0) is 32.9 Å². The van der Waals surface area contributed by atoms with Crippen LogP contribution >= 0.6 is 15.9 Å². The summed E-state index contributed by atoms with van der Waals surface area (Å²) in [5.74, 6) is 0. The number of hydrogen-bond acceptors (Lipinski definition) is 2. The Morgan fingerprint density at radius 2 is 2.00 bits per heavy atom. The Balaban J connectivity index is 1.95. The van der Waals surface area contributed by atoms with Crippen LogP contribution in [0.5, 0.6) is 0 Å². The second kappa shape index (κ2) is 4.28. The van der Waals surface area contributed by atoms with E-state index in [9.17, 15) is 0 Å². The van der Waals surface area contributed by atoms with Gasteiger partial charge in [0.1, 0.15) is 0 Å². The highest BCUT2D eigenvalue weighted by atomic mass is 79.9. The minimum atomic E-state index is 0.839. The average molecular weight is 247 g/mol. The van der Waals surface area contributed by atoms with Crippen molar-refractivity contribution in [1.29, 1.82) is 0 Å². The molecule has 2 rings (SSSR count). The molecule has 0 amide bonds. The van der Waals surface area contributed by atoms with Gasteiger partial charge < -0.3 is 4.90 Å². The summed E-state index contributed by atoms with van der Waals surface area (Å²) >= 11 is 3.52. The molecule has 2 bridgehead atoms. The predicted molar refractivity (Wildman–Crippen MR) is 59.4 cm³/mol. The number of hydrogen-bond donors (Lipinski definition) is 0. The maximum absolute atomic E-state index is 3.52. The van der Waals surface area contributed by atoms with Crippen molar-refractivity contribution >= 4 is 15.9 Å². The van der Waals surface area contributed by atoms with E-state index in [4.69, 9.17) is 0 Å². The molecule has 2 nitrogen and oxygen atoms in total. The lowest BCUT2D eigenvalue weighted by Gasteiger charge is -2.24. The lowest BCUT2D eigenvalue weighted by Crippen LogP contribution is -2.37. The van der Waals surface area contributed by atoms with Gasteiger partial charge >= 0.3 is 0 Å². The van der Waals surface area contributed by atoms with Crippen LogP contribution in [0, 0.1) is 0 Å². The van der Waals surface area contributed by atoms with E-state index in [1.807, 2.05) is 0 Å². The average Bonchev–Trinajstić information content (AvgIpc) is 2.33. The maximum atomic E-state index is 3.52. The maximum Gasteiger partial charge on any atom is 0.0223 e. The molecule has 0 N–H and O–H groups in total. The van der Waals surface area contributed by atoms with Crippen LogP contribution < -0.4 is 0 Å². The molecular formula is C10H19BrN2. The fraction of sp³-hybridized carbons (Fsp3) is 1.00. The van der Waals surface area contributed by atoms with E-state index in [0.717, 1.165) is 17.4 Å². The largest absolute Gasteiger partial charge is 0.301 e. The number of halogens is 1. The summed E-state index contributed by atoms with van der Waals surface area (Å²) in [6.45, 7) is 3.81. The summed E-state index contributed by atoms with van der Waals surface area (Å²) in [4.78, 5) is 5.21. The zero-order valence-corrected chi connectivity index (χ0v) is 9.96. The molecule has 0 aromatic carbocycles. The van der Waals surface area contributed by atoms with E-state index < -0.39 is 0 Å². The highest BCUT2D eigenvalue weighted by Gasteiger charge is 2.34. The first-order valence-corrected chi connectivity index (χ1v) is 6.43. The molecule has 0 radical (unpaired) electrons. The smallest absolute Gasteiger partial charge is 0.0223 e. The van der Waals surface area contributed by atoms with Crippen LogP contribution in [0.2, 0.25) is 0 Å². The Morgan fingerprint density at radius 3 is 2.77 bits per heavy atom. The third-order valence-corrected chi connectivity index (χ3v) is 3.99. The van der Waals surface area contributed by atoms with E-state index in [-0.39, 0.29) is 0 Å². The lowest BCUT2D eigenvalue weighted by molar-refractivity contribution is 0.225. The van der Waals surface area contributed by atoms with Gasteiger partial charge in [0, 0.05) is 30.5 Å². The van der Waals surface area contributed by atoms with Crippen molar-refractivity contribution in [2.75, 3.05) is 32.0 Å². The molecular weight excluding hydrogens is 228 g/mol. The van der Waals surface area contributed by atoms with Gasteiger partial charge in [0.25, 0.3) is 0 Å². The summed E-state index contributed by atoms with van der Waals surface area (Å²) in [7, 11) is 2.31. The van der Waals surface area contributed by atoms with E-state index in [0.29, 0.717) is 0 Å². The second-order valence-corrected chi connectivity index (χ2v) is 5.12. The van der Waals surface area contributed by atoms with Crippen LogP contribution in [0.3, 0.4) is 0 Å². The number of nitrogens with zero attached hydrogens (tertiary/aromatic N) is 2. The SMILES string of the molecule is CN1C2CCC1CN(CCBr)CC2. The molecule has 0 aromatic rings. The Morgan fingerprint density at radius 1 is 1.23 bits per heavy atom. The number of fused-ring (bicyclic) bond motifs is 2. The molecule has 2 heterocycles. The highest BCUT2D eigenvalue weighted by Crippen LogP contribution is 2.28. The number of alkyl halides is 1. The molecule has 2 aliphatic rings. The van der Waals surface area contributed by atoms with Gasteiger partial charge in [0.15, 0.2) is 0 Å². The minimum Gasteiger partial charge on any atom is -0.301 e. The molecule has 0 saturated carbocycles. The molecule has 2 fully saturated rings. The molecule has 13 heavy (non-hydrogen) atoms. The summed E-state index contributed by atoms with van der Waals surface area (Å²) in [5, 5.41) is 1.12. The standard InChI is InChI=1S/C10H19BrN2/c1-12-9-2-3-10(12)8-13(6-4-9)7-5-11/h9-10H,2-8H2,1H3. The van der Waals surface area contributed by atoms with Gasteiger partial charge in [-0.25, -0.2) is 0 Å². The topological polar surface area (TPSA) is 6.48 Å². The van der Waals surface area contributed by atoms with Crippen molar-refractivity contribution in [3.05, 3.63) is 0 Å². The summed E-state index contributed by atoms with van der Waals surface area (Å²) in [5.41, 5.74) is 0. The van der Waals surface area contributed by atoms with Crippen LogP contribution in [-0.4, -0.2) is 53.9 Å². The number of likely N-dealkylation sites (N-methyl/N-ethyl adjacent to an activating group) is 1. The molecule has 2 atom stereocenters. The van der Waals surface area contributed by atoms with Crippen LogP contribution in [0.1, 0.15) is 19.3 Å². The molecule has 2 unspecified atom stereocenters. The molecule has 0 spiro atoms. The van der Waals surface area contributed by atoms with Crippen molar-refractivity contribution in [1.82, 2.24) is 9.80 Å². The Kier molecular flexibility index (Phi) is 3.27. The van der Waals surface area contributed by atoms with Crippen molar-refractivity contribution in [2.45, 2.75) is 31.3 Å². The monoisotopic (exact) mass is 246 g/mol. The van der Waals surface area contributed by atoms with Gasteiger partial charge in [-0.3, -0.25) is 4.90 Å². The van der Waals surface area contributed by atoms with Crippen molar-refractivity contribution in [3.8, 4) is 0 Å². The first-order chi connectivity index (χ1) is 6.31. The number of rotatable bonds is 2. The normalized spacial score (nSPS) is 36.5. The van der Waals surface area contributed by atoms with Gasteiger partial charge in [-0.1, -0.05) is 15.9 Å². The van der Waals surface area contributed by atoms with E-state index >= 15 is 0 Å². The summed E-state index contributed by atoms with van der Waals surface area (Å²) in [6, 6.07) is 1.72. The first kappa shape index (κ1) is 9.94. The third kappa shape index (κ3) is 2.08. The minimum absolute atomic E-state index is 0.839. The van der Waals surface area contributed by atoms with E-state index in [1.165, 1.54) is 38.9 Å². The fourth-order valence-corrected chi connectivity index (χ4v) is 3.20. The third-order valence-electron chi connectivity index (χ3n) is 3.63. The van der Waals surface area contributed by atoms with Crippen LogP contribution in [0.15, 0.2) is 0 Å². The van der Waals surface area contributed by atoms with Crippen LogP contribution in [-0.2, 0) is 0 Å². The van der Waals surface area contributed by atoms with Crippen molar-refractivity contribution < 1.29 is 0 Å². The second-order valence-electron chi connectivity index (χ2n) is 4.33. The molecule has 2 aliphatic heterocycles. The van der Waals surface area contributed by atoms with Gasteiger partial charge in [0.05, 0.1) is 0 Å². The molecule has 0 aliphatic carbocycles. The number of likely N-dealkylation sites (tertiary alicyclic amines) is 1. The Bertz CT molecular complexity index is 174. The van der Waals surface area contributed by atoms with Gasteiger partial charge in [-0.15, -0.1) is 0 Å². The highest BCUT2D eigenvalue weighted by molar-refractivity contribution is 9.09. The summed E-state index contributed by atoms with van der Waals surface area (Å²) in [6.07, 6.45) is 4.23. The van der Waals surface area contributed by atoms with Crippen LogP contribution in [0.4, 0.5) is 0 Å². The van der Waals surface area contributed by atoms with Gasteiger partial charge in [-0.2, -0.15) is 0 Å². The molecule has 3 heteroatoms.